The third-order valence-electron chi connectivity index (χ3n) is 8.93. The molecule has 0 atom stereocenters. The Morgan fingerprint density at radius 3 is 1.15 bits per heavy atom. The van der Waals surface area contributed by atoms with Crippen molar-refractivity contribution in [3.8, 4) is 0 Å². The Morgan fingerprint density at radius 2 is 0.829 bits per heavy atom. The summed E-state index contributed by atoms with van der Waals surface area (Å²) in [6, 6.07) is 4.47. The number of fused-ring (bicyclic) bond motifs is 8. The molecule has 215 valence electrons. The minimum atomic E-state index is 0. The Morgan fingerprint density at radius 1 is 0.463 bits per heavy atom. The zero-order chi connectivity index (χ0) is 28.6. The number of rotatable bonds is 8. The van der Waals surface area contributed by atoms with E-state index in [0.717, 1.165) is 62.8 Å². The summed E-state index contributed by atoms with van der Waals surface area (Å²) in [6.07, 6.45) is 12.1. The number of hydrogen-bond acceptors (Lipinski definition) is 2. The van der Waals surface area contributed by atoms with Crippen molar-refractivity contribution in [2.75, 3.05) is 0 Å². The van der Waals surface area contributed by atoms with Crippen molar-refractivity contribution >= 4 is 45.4 Å². The van der Waals surface area contributed by atoms with Crippen LogP contribution in [0.5, 0.6) is 0 Å². The van der Waals surface area contributed by atoms with Gasteiger partial charge >= 0.3 is 0 Å². The van der Waals surface area contributed by atoms with Gasteiger partial charge in [0.1, 0.15) is 0 Å². The van der Waals surface area contributed by atoms with Crippen LogP contribution in [0.3, 0.4) is 0 Å². The van der Waals surface area contributed by atoms with E-state index in [-0.39, 0.29) is 18.6 Å². The second kappa shape index (κ2) is 13.0. The van der Waals surface area contributed by atoms with Crippen molar-refractivity contribution in [3.63, 3.8) is 0 Å². The molecule has 0 saturated carbocycles. The van der Waals surface area contributed by atoms with Crippen LogP contribution in [0.1, 0.15) is 124 Å². The average Bonchev–Trinajstić information content (AvgIpc) is 3.73. The zero-order valence-electron chi connectivity index (χ0n) is 26.3. The molecule has 0 fully saturated rings. The molecular formula is C36H46N4V. The number of H-pyrrole nitrogens is 2. The molecule has 5 rings (SSSR count). The first-order valence-electron chi connectivity index (χ1n) is 15.7. The number of nitrogens with zero attached hydrogens (tertiary/aromatic N) is 2. The van der Waals surface area contributed by atoms with Crippen LogP contribution in [0.2, 0.25) is 0 Å². The molecule has 0 saturated heterocycles. The first kappa shape index (κ1) is 31.1. The van der Waals surface area contributed by atoms with E-state index in [0.29, 0.717) is 0 Å². The first-order chi connectivity index (χ1) is 19.5. The Hall–Kier alpha value is -2.82. The molecule has 2 aliphatic heterocycles. The topological polar surface area (TPSA) is 57.4 Å². The molecule has 0 amide bonds. The van der Waals surface area contributed by atoms with Gasteiger partial charge in [-0.25, -0.2) is 9.97 Å². The van der Waals surface area contributed by atoms with E-state index in [2.05, 4.69) is 89.6 Å². The predicted molar refractivity (Wildman–Crippen MR) is 174 cm³/mol. The van der Waals surface area contributed by atoms with Crippen LogP contribution in [-0.2, 0) is 57.1 Å². The Kier molecular flexibility index (Phi) is 9.87. The minimum absolute atomic E-state index is 0. The summed E-state index contributed by atoms with van der Waals surface area (Å²) >= 11 is 0. The van der Waals surface area contributed by atoms with Gasteiger partial charge in [0, 0.05) is 51.7 Å². The van der Waals surface area contributed by atoms with Crippen molar-refractivity contribution in [1.82, 2.24) is 19.9 Å². The molecule has 0 aromatic carbocycles. The van der Waals surface area contributed by atoms with E-state index < -0.39 is 0 Å². The summed E-state index contributed by atoms with van der Waals surface area (Å²) in [5.41, 5.74) is 20.4. The summed E-state index contributed by atoms with van der Waals surface area (Å²) in [7, 11) is 0. The number of aromatic nitrogens is 4. The smallest absolute Gasteiger partial charge is 0.0725 e. The fourth-order valence-corrected chi connectivity index (χ4v) is 7.12. The third kappa shape index (κ3) is 5.19. The van der Waals surface area contributed by atoms with Gasteiger partial charge in [-0.3, -0.25) is 0 Å². The van der Waals surface area contributed by atoms with Crippen molar-refractivity contribution in [2.24, 2.45) is 0 Å². The molecule has 2 aliphatic rings. The van der Waals surface area contributed by atoms with Gasteiger partial charge in [-0.05, 0) is 109 Å². The summed E-state index contributed by atoms with van der Waals surface area (Å²) in [4.78, 5) is 18.4. The maximum Gasteiger partial charge on any atom is 0.0725 e. The van der Waals surface area contributed by atoms with Crippen molar-refractivity contribution < 1.29 is 18.6 Å². The Labute approximate surface area is 258 Å². The molecule has 3 aromatic rings. The second-order valence-electron chi connectivity index (χ2n) is 10.9. The van der Waals surface area contributed by atoms with Gasteiger partial charge in [-0.15, -0.1) is 0 Å². The molecule has 5 heterocycles. The van der Waals surface area contributed by atoms with E-state index in [9.17, 15) is 0 Å². The molecule has 0 aliphatic carbocycles. The van der Waals surface area contributed by atoms with Crippen LogP contribution in [0.25, 0.3) is 45.4 Å². The van der Waals surface area contributed by atoms with E-state index in [4.69, 9.17) is 9.97 Å². The van der Waals surface area contributed by atoms with Gasteiger partial charge in [0.05, 0.1) is 22.8 Å². The molecule has 8 bridgehead atoms. The molecular weight excluding hydrogens is 539 g/mol. The largest absolute Gasteiger partial charge is 0.355 e. The fraction of sp³-hybridized carbons (Fsp3) is 0.444. The minimum Gasteiger partial charge on any atom is -0.355 e. The molecule has 2 N–H and O–H groups in total. The van der Waals surface area contributed by atoms with E-state index in [1.54, 1.807) is 0 Å². The Balaban J connectivity index is 0.00000387. The number of aromatic amines is 2. The summed E-state index contributed by atoms with van der Waals surface area (Å²) < 4.78 is 0. The average molecular weight is 586 g/mol. The zero-order valence-corrected chi connectivity index (χ0v) is 27.7. The molecule has 41 heavy (non-hydrogen) atoms. The molecule has 4 nitrogen and oxygen atoms in total. The molecule has 0 unspecified atom stereocenters. The Bertz CT molecular complexity index is 1560. The van der Waals surface area contributed by atoms with Crippen molar-refractivity contribution in [2.45, 2.75) is 107 Å². The van der Waals surface area contributed by atoms with Crippen LogP contribution in [0, 0.1) is 0 Å². The fourth-order valence-electron chi connectivity index (χ4n) is 7.12. The van der Waals surface area contributed by atoms with Crippen LogP contribution in [0.15, 0.2) is 12.1 Å². The summed E-state index contributed by atoms with van der Waals surface area (Å²) in [5.74, 6) is 0. The summed E-state index contributed by atoms with van der Waals surface area (Å²) in [5, 5.41) is 0. The van der Waals surface area contributed by atoms with Crippen LogP contribution >= 0.6 is 0 Å². The maximum absolute atomic E-state index is 5.58. The van der Waals surface area contributed by atoms with Crippen LogP contribution in [0.4, 0.5) is 0 Å². The standard InChI is InChI=1S/C36H46N4.V/c1-9-23-25(11-3)33-29(15-7)35-27(13-5)28(14-6)36(40-35)30(16-8)34-26(12-4)24(10-2)32(39-34)20-22-18-17-21(37-22)19-31(23)38-33;/h17-20,38-39H,9-16H2,1-8H3;. The van der Waals surface area contributed by atoms with Gasteiger partial charge in [-0.1, -0.05) is 55.4 Å². The molecule has 1 radical (unpaired) electrons. The van der Waals surface area contributed by atoms with E-state index in [1.807, 2.05) is 0 Å². The van der Waals surface area contributed by atoms with Gasteiger partial charge in [0.2, 0.25) is 0 Å². The predicted octanol–water partition coefficient (Wildman–Crippen LogP) is 9.59. The summed E-state index contributed by atoms with van der Waals surface area (Å²) in [6.45, 7) is 18.3. The monoisotopic (exact) mass is 585 g/mol. The van der Waals surface area contributed by atoms with Gasteiger partial charge in [-0.2, -0.15) is 0 Å². The van der Waals surface area contributed by atoms with E-state index in [1.165, 1.54) is 78.0 Å². The van der Waals surface area contributed by atoms with Gasteiger partial charge in [0.15, 0.2) is 0 Å². The molecule has 0 spiro atoms. The molecule has 5 heteroatoms. The number of hydrogen-bond donors (Lipinski definition) is 2. The van der Waals surface area contributed by atoms with Gasteiger partial charge < -0.3 is 9.97 Å². The van der Waals surface area contributed by atoms with Crippen LogP contribution < -0.4 is 0 Å². The number of nitrogens with one attached hydrogen (secondary N) is 2. The SMILES string of the molecule is CCC1=C(CC)c2nc1c(CC)c1[nH]c(cc3nc(cc4[nH]c(c2CC)c(CC)c4CC)C=C3)c(CC)c1CC.[V]. The number of allylic oxidation sites excluding steroid dienone is 2. The molecule has 3 aromatic heterocycles. The van der Waals surface area contributed by atoms with Crippen molar-refractivity contribution in [3.05, 3.63) is 68.3 Å². The quantitative estimate of drug-likeness (QED) is 0.216. The van der Waals surface area contributed by atoms with Gasteiger partial charge in [0.25, 0.3) is 0 Å². The third-order valence-corrected chi connectivity index (χ3v) is 8.93. The maximum atomic E-state index is 5.58. The van der Waals surface area contributed by atoms with E-state index >= 15 is 0 Å². The normalized spacial score (nSPS) is 12.8. The van der Waals surface area contributed by atoms with Crippen molar-refractivity contribution in [1.29, 1.82) is 0 Å². The first-order valence-corrected chi connectivity index (χ1v) is 15.7. The number of aryl methyl sites for hydroxylation is 6. The van der Waals surface area contributed by atoms with Crippen LogP contribution in [-0.4, -0.2) is 19.9 Å². The second-order valence-corrected chi connectivity index (χ2v) is 10.9.